The Morgan fingerprint density at radius 1 is 0.606 bits per heavy atom. The highest BCUT2D eigenvalue weighted by Gasteiger charge is 2.00. The largest absolute Gasteiger partial charge is 0.647 e. The molecule has 0 spiro atoms. The van der Waals surface area contributed by atoms with Crippen molar-refractivity contribution in [2.75, 3.05) is 0 Å². The number of rotatable bonds is 1. The molecule has 0 atom stereocenters. The molecule has 5 aromatic rings. The van der Waals surface area contributed by atoms with E-state index in [9.17, 15) is 10.2 Å². The van der Waals surface area contributed by atoms with Crippen molar-refractivity contribution in [1.29, 1.82) is 0 Å². The number of pyridine rings is 2. The Hall–Kier alpha value is -3.59. The van der Waals surface area contributed by atoms with Crippen molar-refractivity contribution < 1.29 is 14.0 Å². The number of aromatic hydroxyl groups is 2. The van der Waals surface area contributed by atoms with E-state index in [0.29, 0.717) is 11.0 Å². The van der Waals surface area contributed by atoms with Crippen LogP contribution in [0.3, 0.4) is 0 Å². The van der Waals surface area contributed by atoms with E-state index in [4.69, 9.17) is 3.79 Å². The SMILES string of the molecule is Cc1ccc([O][AlH2])cc1.Cc1ccc2cccc(O)c2n1.Cc1ccc2cccc(O)c2n1. The maximum atomic E-state index is 9.43. The van der Waals surface area contributed by atoms with E-state index >= 15 is 0 Å². The standard InChI is InChI=1S/2C10H9NO.C7H8O.Al.2H/c2*1-7-5-6-8-3-2-4-9(12)10(8)11-7;1-6-2-4-7(8)5-3-6;;;/h2*2-6,12H,1H3;2-5,8H,1H3;;;/q;;;+1;;/p-1. The molecule has 5 nitrogen and oxygen atoms in total. The first-order valence-corrected chi connectivity index (χ1v) is 11.4. The van der Waals surface area contributed by atoms with Crippen LogP contribution in [0.4, 0.5) is 0 Å². The van der Waals surface area contributed by atoms with Gasteiger partial charge in [-0.25, -0.2) is 9.97 Å². The summed E-state index contributed by atoms with van der Waals surface area (Å²) in [6, 6.07) is 26.6. The third-order valence-corrected chi connectivity index (χ3v) is 5.40. The lowest BCUT2D eigenvalue weighted by Crippen LogP contribution is -1.83. The van der Waals surface area contributed by atoms with Gasteiger partial charge in [-0.3, -0.25) is 0 Å². The zero-order valence-corrected chi connectivity index (χ0v) is 21.3. The van der Waals surface area contributed by atoms with Crippen LogP contribution in [0.2, 0.25) is 0 Å². The second kappa shape index (κ2) is 11.3. The molecule has 6 heteroatoms. The molecule has 0 fully saturated rings. The summed E-state index contributed by atoms with van der Waals surface area (Å²) in [5.74, 6) is 1.47. The van der Waals surface area contributed by atoms with Crippen molar-refractivity contribution in [2.24, 2.45) is 0 Å². The van der Waals surface area contributed by atoms with Crippen LogP contribution in [-0.2, 0) is 0 Å². The highest BCUT2D eigenvalue weighted by molar-refractivity contribution is 5.99. The Morgan fingerprint density at radius 2 is 1.06 bits per heavy atom. The maximum Gasteiger partial charge on any atom is 0.496 e. The smallest absolute Gasteiger partial charge is 0.496 e. The summed E-state index contributed by atoms with van der Waals surface area (Å²) < 4.78 is 5.11. The number of benzene rings is 3. The minimum Gasteiger partial charge on any atom is -0.647 e. The summed E-state index contributed by atoms with van der Waals surface area (Å²) in [4.78, 5) is 8.45. The second-order valence-corrected chi connectivity index (χ2v) is 8.03. The van der Waals surface area contributed by atoms with Crippen molar-refractivity contribution in [3.05, 3.63) is 102 Å². The van der Waals surface area contributed by atoms with E-state index in [0.717, 1.165) is 44.5 Å². The van der Waals surface area contributed by atoms with Crippen LogP contribution in [0, 0.1) is 20.8 Å². The minimum absolute atomic E-state index is 0.246. The summed E-state index contributed by atoms with van der Waals surface area (Å²) in [6.45, 7) is 5.88. The second-order valence-electron chi connectivity index (χ2n) is 7.62. The zero-order chi connectivity index (χ0) is 23.8. The first-order valence-electron chi connectivity index (χ1n) is 10.6. The van der Waals surface area contributed by atoms with Crippen molar-refractivity contribution in [1.82, 2.24) is 9.97 Å². The summed E-state index contributed by atoms with van der Waals surface area (Å²) in [6.07, 6.45) is 0. The number of hydrogen-bond donors (Lipinski definition) is 2. The van der Waals surface area contributed by atoms with Crippen LogP contribution < -0.4 is 3.79 Å². The normalized spacial score (nSPS) is 10.0. The van der Waals surface area contributed by atoms with Gasteiger partial charge in [0.25, 0.3) is 0 Å². The fraction of sp³-hybridized carbons (Fsp3) is 0.111. The number of phenols is 2. The minimum atomic E-state index is 0.246. The molecule has 0 radical (unpaired) electrons. The summed E-state index contributed by atoms with van der Waals surface area (Å²) in [5.41, 5.74) is 4.47. The highest BCUT2D eigenvalue weighted by Crippen LogP contribution is 2.22. The average molecular weight is 455 g/mol. The number of phenolic OH excluding ortho intramolecular Hbond substituents is 2. The first-order chi connectivity index (χ1) is 15.9. The Labute approximate surface area is 202 Å². The Bertz CT molecular complexity index is 1270. The monoisotopic (exact) mass is 454 g/mol. The van der Waals surface area contributed by atoms with Crippen LogP contribution in [0.1, 0.15) is 17.0 Å². The predicted octanol–water partition coefficient (Wildman–Crippen LogP) is 5.42. The van der Waals surface area contributed by atoms with Crippen LogP contribution >= 0.6 is 0 Å². The third kappa shape index (κ3) is 6.69. The van der Waals surface area contributed by atoms with Gasteiger partial charge in [0.05, 0.1) is 5.75 Å². The van der Waals surface area contributed by atoms with Crippen molar-refractivity contribution in [2.45, 2.75) is 20.8 Å². The molecule has 2 N–H and O–H groups in total. The molecular formula is C27H27AlN2O3. The topological polar surface area (TPSA) is 75.5 Å². The van der Waals surface area contributed by atoms with Gasteiger partial charge in [-0.2, -0.15) is 0 Å². The molecule has 33 heavy (non-hydrogen) atoms. The van der Waals surface area contributed by atoms with Gasteiger partial charge in [-0.05, 0) is 57.2 Å². The molecule has 0 aliphatic rings. The lowest BCUT2D eigenvalue weighted by Gasteiger charge is -1.99. The Morgan fingerprint density at radius 3 is 1.48 bits per heavy atom. The lowest BCUT2D eigenvalue weighted by molar-refractivity contribution is 0.480. The quantitative estimate of drug-likeness (QED) is 0.331. The van der Waals surface area contributed by atoms with Gasteiger partial charge in [0.15, 0.2) is 0 Å². The number of fused-ring (bicyclic) bond motifs is 2. The summed E-state index contributed by atoms with van der Waals surface area (Å²) in [7, 11) is 0. The lowest BCUT2D eigenvalue weighted by atomic mass is 10.2. The van der Waals surface area contributed by atoms with Gasteiger partial charge in [-0.15, -0.1) is 0 Å². The molecular weight excluding hydrogens is 427 g/mol. The summed E-state index contributed by atoms with van der Waals surface area (Å²) >= 11 is 0.774. The van der Waals surface area contributed by atoms with Gasteiger partial charge in [0.2, 0.25) is 0 Å². The van der Waals surface area contributed by atoms with E-state index in [1.807, 2.05) is 86.6 Å². The van der Waals surface area contributed by atoms with E-state index < -0.39 is 0 Å². The van der Waals surface area contributed by atoms with Crippen molar-refractivity contribution in [3.63, 3.8) is 0 Å². The molecule has 0 aliphatic carbocycles. The maximum absolute atomic E-state index is 9.43. The molecule has 0 amide bonds. The molecule has 5 rings (SSSR count). The van der Waals surface area contributed by atoms with Crippen LogP contribution in [0.25, 0.3) is 21.8 Å². The fourth-order valence-corrected chi connectivity index (χ4v) is 3.40. The van der Waals surface area contributed by atoms with Gasteiger partial charge in [0.1, 0.15) is 22.5 Å². The molecule has 2 heterocycles. The Kier molecular flexibility index (Phi) is 8.26. The van der Waals surface area contributed by atoms with Crippen LogP contribution in [0.5, 0.6) is 17.2 Å². The van der Waals surface area contributed by atoms with Crippen LogP contribution in [0.15, 0.2) is 84.9 Å². The van der Waals surface area contributed by atoms with Gasteiger partial charge < -0.3 is 14.0 Å². The third-order valence-electron chi connectivity index (χ3n) is 4.93. The molecule has 0 bridgehead atoms. The van der Waals surface area contributed by atoms with Crippen molar-refractivity contribution >= 4 is 38.4 Å². The zero-order valence-electron chi connectivity index (χ0n) is 19.3. The average Bonchev–Trinajstić information content (AvgIpc) is 2.82. The Balaban J connectivity index is 0.000000141. The number of hydrogen-bond acceptors (Lipinski definition) is 5. The number of nitrogens with zero attached hydrogens (tertiary/aromatic N) is 2. The van der Waals surface area contributed by atoms with Crippen LogP contribution in [-0.4, -0.2) is 36.8 Å². The molecule has 0 aliphatic heterocycles. The number of para-hydroxylation sites is 2. The molecule has 3 aromatic carbocycles. The molecule has 0 saturated carbocycles. The molecule has 0 unspecified atom stereocenters. The molecule has 0 saturated heterocycles. The van der Waals surface area contributed by atoms with E-state index in [2.05, 4.69) is 16.9 Å². The predicted molar refractivity (Wildman–Crippen MR) is 137 cm³/mol. The fourth-order valence-electron chi connectivity index (χ4n) is 3.13. The van der Waals surface area contributed by atoms with Gasteiger partial charge >= 0.3 is 16.6 Å². The molecule has 166 valence electrons. The number of aryl methyl sites for hydroxylation is 3. The van der Waals surface area contributed by atoms with E-state index in [1.54, 1.807) is 12.1 Å². The van der Waals surface area contributed by atoms with Crippen molar-refractivity contribution in [3.8, 4) is 17.2 Å². The summed E-state index contributed by atoms with van der Waals surface area (Å²) in [5, 5.41) is 20.8. The van der Waals surface area contributed by atoms with Gasteiger partial charge in [-0.1, -0.05) is 54.1 Å². The van der Waals surface area contributed by atoms with E-state index in [1.165, 1.54) is 5.56 Å². The van der Waals surface area contributed by atoms with Gasteiger partial charge in [0, 0.05) is 22.2 Å². The van der Waals surface area contributed by atoms with E-state index in [-0.39, 0.29) is 11.5 Å². The highest BCUT2D eigenvalue weighted by atomic mass is 27.1. The first kappa shape index (κ1) is 24.1. The molecule has 2 aromatic heterocycles. The number of aromatic nitrogens is 2.